The Hall–Kier alpha value is -1.54. The van der Waals surface area contributed by atoms with E-state index >= 15 is 0 Å². The summed E-state index contributed by atoms with van der Waals surface area (Å²) < 4.78 is 4.74. The molecule has 1 heterocycles. The smallest absolute Gasteiger partial charge is 0.295 e. The van der Waals surface area contributed by atoms with Crippen LogP contribution in [0.15, 0.2) is 0 Å². The summed E-state index contributed by atoms with van der Waals surface area (Å²) in [6, 6.07) is 0. The molecule has 1 aromatic rings. The number of carbonyl (C=O) groups excluding carboxylic acids is 1. The van der Waals surface area contributed by atoms with Gasteiger partial charge in [-0.2, -0.15) is 5.21 Å². The highest BCUT2D eigenvalue weighted by atomic mass is 16.5. The molecule has 1 unspecified atom stereocenters. The molecule has 1 atom stereocenters. The molecule has 15 heavy (non-hydrogen) atoms. The molecule has 0 bridgehead atoms. The van der Waals surface area contributed by atoms with Gasteiger partial charge in [-0.05, 0) is 5.21 Å². The van der Waals surface area contributed by atoms with E-state index in [1.165, 1.54) is 19.1 Å². The summed E-state index contributed by atoms with van der Waals surface area (Å²) >= 11 is 0. The molecule has 84 valence electrons. The van der Waals surface area contributed by atoms with Crippen molar-refractivity contribution in [3.63, 3.8) is 0 Å². The molecule has 1 amide bonds. The van der Waals surface area contributed by atoms with Gasteiger partial charge in [-0.3, -0.25) is 4.79 Å². The Balaban J connectivity index is 2.47. The van der Waals surface area contributed by atoms with Gasteiger partial charge in [-0.25, -0.2) is 0 Å². The Bertz CT molecular complexity index is 302. The number of H-pyrrole nitrogens is 1. The van der Waals surface area contributed by atoms with Crippen molar-refractivity contribution in [2.75, 3.05) is 27.3 Å². The standard InChI is InChI=1S/C7H13N5O3/c1-12(3-5(13)4-15-2)7(14)6-8-10-11-9-6/h5,13H,3-4H2,1-2H3,(H,8,9,10,11). The molecule has 0 aliphatic heterocycles. The van der Waals surface area contributed by atoms with Crippen molar-refractivity contribution in [1.82, 2.24) is 25.5 Å². The number of nitrogens with zero attached hydrogens (tertiary/aromatic N) is 4. The van der Waals surface area contributed by atoms with Crippen LogP contribution in [0.1, 0.15) is 10.6 Å². The molecular weight excluding hydrogens is 202 g/mol. The van der Waals surface area contributed by atoms with Crippen LogP contribution in [-0.2, 0) is 4.74 Å². The van der Waals surface area contributed by atoms with E-state index in [9.17, 15) is 9.90 Å². The van der Waals surface area contributed by atoms with E-state index in [2.05, 4.69) is 20.6 Å². The quantitative estimate of drug-likeness (QED) is 0.605. The molecule has 8 heteroatoms. The Morgan fingerprint density at radius 3 is 3.00 bits per heavy atom. The zero-order chi connectivity index (χ0) is 11.3. The summed E-state index contributed by atoms with van der Waals surface area (Å²) in [6.45, 7) is 0.324. The summed E-state index contributed by atoms with van der Waals surface area (Å²) in [5.41, 5.74) is 0. The summed E-state index contributed by atoms with van der Waals surface area (Å²) in [5.74, 6) is -0.430. The zero-order valence-electron chi connectivity index (χ0n) is 8.54. The van der Waals surface area contributed by atoms with Gasteiger partial charge in [0.2, 0.25) is 0 Å². The second-order valence-electron chi connectivity index (χ2n) is 3.03. The number of aliphatic hydroxyl groups is 1. The first-order valence-electron chi connectivity index (χ1n) is 4.31. The third-order valence-corrected chi connectivity index (χ3v) is 1.73. The van der Waals surface area contributed by atoms with Gasteiger partial charge in [0.25, 0.3) is 11.7 Å². The number of aromatic amines is 1. The number of carbonyl (C=O) groups is 1. The number of aliphatic hydroxyl groups excluding tert-OH is 1. The van der Waals surface area contributed by atoms with E-state index in [0.717, 1.165) is 0 Å². The van der Waals surface area contributed by atoms with Crippen LogP contribution in [-0.4, -0.2) is 70.0 Å². The van der Waals surface area contributed by atoms with Crippen LogP contribution in [0.4, 0.5) is 0 Å². The molecule has 2 N–H and O–H groups in total. The molecule has 0 aromatic carbocycles. The average molecular weight is 215 g/mol. The molecule has 0 saturated carbocycles. The van der Waals surface area contributed by atoms with Crippen molar-refractivity contribution in [2.45, 2.75) is 6.10 Å². The third kappa shape index (κ3) is 3.26. The van der Waals surface area contributed by atoms with Gasteiger partial charge < -0.3 is 14.7 Å². The Morgan fingerprint density at radius 1 is 1.73 bits per heavy atom. The maximum absolute atomic E-state index is 11.5. The molecule has 0 fully saturated rings. The van der Waals surface area contributed by atoms with Crippen LogP contribution < -0.4 is 0 Å². The monoisotopic (exact) mass is 215 g/mol. The molecule has 0 radical (unpaired) electrons. The van der Waals surface area contributed by atoms with Crippen LogP contribution in [0.3, 0.4) is 0 Å². The Labute approximate surface area is 86.2 Å². The lowest BCUT2D eigenvalue weighted by molar-refractivity contribution is 0.0375. The number of aromatic nitrogens is 4. The lowest BCUT2D eigenvalue weighted by Gasteiger charge is -2.18. The number of nitrogens with one attached hydrogen (secondary N) is 1. The van der Waals surface area contributed by atoms with Crippen molar-refractivity contribution >= 4 is 5.91 Å². The lowest BCUT2D eigenvalue weighted by Crippen LogP contribution is -2.36. The Morgan fingerprint density at radius 2 is 2.47 bits per heavy atom. The van der Waals surface area contributed by atoms with Crippen LogP contribution >= 0.6 is 0 Å². The first kappa shape index (κ1) is 11.5. The predicted molar refractivity (Wildman–Crippen MR) is 49.0 cm³/mol. The number of tetrazole rings is 1. The minimum Gasteiger partial charge on any atom is -0.389 e. The number of rotatable bonds is 5. The predicted octanol–water partition coefficient (Wildman–Crippen LogP) is -1.72. The van der Waals surface area contributed by atoms with Crippen LogP contribution in [0, 0.1) is 0 Å². The van der Waals surface area contributed by atoms with Crippen LogP contribution in [0.5, 0.6) is 0 Å². The number of methoxy groups -OCH3 is 1. The molecule has 8 nitrogen and oxygen atoms in total. The Kier molecular flexibility index (Phi) is 4.13. The van der Waals surface area contributed by atoms with Crippen LogP contribution in [0.2, 0.25) is 0 Å². The fraction of sp³-hybridized carbons (Fsp3) is 0.714. The van der Waals surface area contributed by atoms with Gasteiger partial charge >= 0.3 is 0 Å². The highest BCUT2D eigenvalue weighted by molar-refractivity contribution is 5.89. The third-order valence-electron chi connectivity index (χ3n) is 1.73. The maximum atomic E-state index is 11.5. The number of hydrogen-bond donors (Lipinski definition) is 2. The van der Waals surface area contributed by atoms with E-state index in [1.807, 2.05) is 0 Å². The minimum atomic E-state index is -0.726. The SMILES string of the molecule is COCC(O)CN(C)C(=O)c1nn[nH]n1. The average Bonchev–Trinajstić information content (AvgIpc) is 2.69. The van der Waals surface area contributed by atoms with Crippen molar-refractivity contribution < 1.29 is 14.6 Å². The summed E-state index contributed by atoms with van der Waals surface area (Å²) in [5, 5.41) is 21.9. The number of likely N-dealkylation sites (N-methyl/N-ethyl adjacent to an activating group) is 1. The fourth-order valence-corrected chi connectivity index (χ4v) is 1.07. The number of amides is 1. The van der Waals surface area contributed by atoms with Gasteiger partial charge in [0.15, 0.2) is 0 Å². The molecule has 0 aliphatic rings. The lowest BCUT2D eigenvalue weighted by atomic mass is 10.3. The van der Waals surface area contributed by atoms with Crippen molar-refractivity contribution in [1.29, 1.82) is 0 Å². The van der Waals surface area contributed by atoms with E-state index < -0.39 is 12.0 Å². The van der Waals surface area contributed by atoms with Gasteiger partial charge in [0.1, 0.15) is 0 Å². The topological polar surface area (TPSA) is 104 Å². The highest BCUT2D eigenvalue weighted by Crippen LogP contribution is 1.96. The van der Waals surface area contributed by atoms with Gasteiger partial charge in [-0.15, -0.1) is 10.2 Å². The van der Waals surface area contributed by atoms with Crippen LogP contribution in [0.25, 0.3) is 0 Å². The van der Waals surface area contributed by atoms with E-state index in [-0.39, 0.29) is 19.0 Å². The summed E-state index contributed by atoms with van der Waals surface area (Å²) in [7, 11) is 3.02. The highest BCUT2D eigenvalue weighted by Gasteiger charge is 2.18. The van der Waals surface area contributed by atoms with E-state index in [4.69, 9.17) is 4.74 Å². The first-order chi connectivity index (χ1) is 7.15. The normalized spacial score (nSPS) is 12.5. The molecular formula is C7H13N5O3. The number of ether oxygens (including phenoxy) is 1. The second kappa shape index (κ2) is 5.37. The maximum Gasteiger partial charge on any atom is 0.295 e. The van der Waals surface area contributed by atoms with Gasteiger partial charge in [-0.1, -0.05) is 0 Å². The molecule has 0 saturated heterocycles. The van der Waals surface area contributed by atoms with Crippen molar-refractivity contribution in [3.05, 3.63) is 5.82 Å². The van der Waals surface area contributed by atoms with Crippen molar-refractivity contribution in [2.24, 2.45) is 0 Å². The fourth-order valence-electron chi connectivity index (χ4n) is 1.07. The largest absolute Gasteiger partial charge is 0.389 e. The van der Waals surface area contributed by atoms with Gasteiger partial charge in [0, 0.05) is 20.7 Å². The summed E-state index contributed by atoms with van der Waals surface area (Å²) in [4.78, 5) is 12.8. The minimum absolute atomic E-state index is 0.0258. The second-order valence-corrected chi connectivity index (χ2v) is 3.03. The van der Waals surface area contributed by atoms with E-state index in [0.29, 0.717) is 0 Å². The molecule has 1 rings (SSSR count). The first-order valence-corrected chi connectivity index (χ1v) is 4.31. The summed E-state index contributed by atoms with van der Waals surface area (Å²) in [6.07, 6.45) is -0.726. The van der Waals surface area contributed by atoms with Crippen molar-refractivity contribution in [3.8, 4) is 0 Å². The number of hydrogen-bond acceptors (Lipinski definition) is 6. The molecule has 0 spiro atoms. The molecule has 1 aromatic heterocycles. The van der Waals surface area contributed by atoms with Gasteiger partial charge in [0.05, 0.1) is 12.7 Å². The van der Waals surface area contributed by atoms with E-state index in [1.54, 1.807) is 0 Å². The zero-order valence-corrected chi connectivity index (χ0v) is 8.54. The molecule has 0 aliphatic carbocycles.